The van der Waals surface area contributed by atoms with Gasteiger partial charge in [-0.15, -0.1) is 0 Å². The normalized spacial score (nSPS) is 18.9. The standard InChI is InChI=1S/C13H15N5O3/c1-8-7-17(5-4-14-8)13(19)12-10-6-9(18(20)21)2-3-11(10)15-16-12/h2-3,6,8,14H,4-5,7H2,1H3,(H,15,16). The van der Waals surface area contributed by atoms with Gasteiger partial charge >= 0.3 is 0 Å². The van der Waals surface area contributed by atoms with Gasteiger partial charge in [-0.1, -0.05) is 0 Å². The van der Waals surface area contributed by atoms with E-state index < -0.39 is 4.92 Å². The van der Waals surface area contributed by atoms with Gasteiger partial charge in [-0.3, -0.25) is 20.0 Å². The van der Waals surface area contributed by atoms with Crippen LogP contribution >= 0.6 is 0 Å². The van der Waals surface area contributed by atoms with Crippen LogP contribution in [0.4, 0.5) is 5.69 Å². The molecule has 3 rings (SSSR count). The highest BCUT2D eigenvalue weighted by atomic mass is 16.6. The third-order valence-corrected chi connectivity index (χ3v) is 3.62. The Morgan fingerprint density at radius 1 is 1.52 bits per heavy atom. The zero-order chi connectivity index (χ0) is 15.0. The van der Waals surface area contributed by atoms with Crippen LogP contribution in [-0.4, -0.2) is 51.6 Å². The summed E-state index contributed by atoms with van der Waals surface area (Å²) in [4.78, 5) is 24.7. The van der Waals surface area contributed by atoms with Crippen LogP contribution < -0.4 is 5.32 Å². The molecule has 1 saturated heterocycles. The molecule has 21 heavy (non-hydrogen) atoms. The maximum Gasteiger partial charge on any atom is 0.275 e. The number of piperazine rings is 1. The number of benzene rings is 1. The molecule has 1 aromatic heterocycles. The Bertz CT molecular complexity index is 711. The number of non-ortho nitro benzene ring substituents is 1. The molecule has 2 N–H and O–H groups in total. The van der Waals surface area contributed by atoms with E-state index >= 15 is 0 Å². The Labute approximate surface area is 120 Å². The number of nitrogens with zero attached hydrogens (tertiary/aromatic N) is 3. The highest BCUT2D eigenvalue weighted by Gasteiger charge is 2.25. The third kappa shape index (κ3) is 2.45. The number of hydrogen-bond acceptors (Lipinski definition) is 5. The molecule has 8 heteroatoms. The van der Waals surface area contributed by atoms with Crippen LogP contribution in [0.25, 0.3) is 10.9 Å². The van der Waals surface area contributed by atoms with Crippen LogP contribution in [0.1, 0.15) is 17.4 Å². The van der Waals surface area contributed by atoms with E-state index in [4.69, 9.17) is 0 Å². The Balaban J connectivity index is 1.97. The maximum absolute atomic E-state index is 12.5. The van der Waals surface area contributed by atoms with Crippen LogP contribution in [0.3, 0.4) is 0 Å². The fourth-order valence-electron chi connectivity index (χ4n) is 2.55. The van der Waals surface area contributed by atoms with Crippen molar-refractivity contribution in [2.45, 2.75) is 13.0 Å². The van der Waals surface area contributed by atoms with E-state index in [2.05, 4.69) is 15.5 Å². The first-order valence-electron chi connectivity index (χ1n) is 6.71. The zero-order valence-corrected chi connectivity index (χ0v) is 11.5. The summed E-state index contributed by atoms with van der Waals surface area (Å²) in [5, 5.41) is 21.4. The number of amides is 1. The molecule has 1 fully saturated rings. The molecule has 0 bridgehead atoms. The molecule has 1 amide bonds. The summed E-state index contributed by atoms with van der Waals surface area (Å²) in [6.45, 7) is 3.94. The van der Waals surface area contributed by atoms with Gasteiger partial charge in [0.05, 0.1) is 10.4 Å². The van der Waals surface area contributed by atoms with Crippen molar-refractivity contribution in [2.24, 2.45) is 0 Å². The second-order valence-corrected chi connectivity index (χ2v) is 5.17. The van der Waals surface area contributed by atoms with Gasteiger partial charge < -0.3 is 10.2 Å². The quantitative estimate of drug-likeness (QED) is 0.631. The first kappa shape index (κ1) is 13.5. The molecule has 8 nitrogen and oxygen atoms in total. The lowest BCUT2D eigenvalue weighted by molar-refractivity contribution is -0.384. The van der Waals surface area contributed by atoms with Gasteiger partial charge in [-0.2, -0.15) is 5.10 Å². The van der Waals surface area contributed by atoms with Crippen molar-refractivity contribution < 1.29 is 9.72 Å². The lowest BCUT2D eigenvalue weighted by Gasteiger charge is -2.31. The molecule has 2 heterocycles. The zero-order valence-electron chi connectivity index (χ0n) is 11.5. The highest BCUT2D eigenvalue weighted by molar-refractivity contribution is 6.05. The smallest absolute Gasteiger partial charge is 0.275 e. The van der Waals surface area contributed by atoms with Crippen molar-refractivity contribution in [3.05, 3.63) is 34.0 Å². The number of aromatic amines is 1. The summed E-state index contributed by atoms with van der Waals surface area (Å²) in [6, 6.07) is 4.57. The summed E-state index contributed by atoms with van der Waals surface area (Å²) in [6.07, 6.45) is 0. The van der Waals surface area contributed by atoms with Crippen molar-refractivity contribution in [1.29, 1.82) is 0 Å². The molecule has 2 aromatic rings. The molecule has 0 spiro atoms. The molecular weight excluding hydrogens is 274 g/mol. The Morgan fingerprint density at radius 2 is 2.33 bits per heavy atom. The lowest BCUT2D eigenvalue weighted by atomic mass is 10.1. The minimum atomic E-state index is -0.479. The number of rotatable bonds is 2. The minimum Gasteiger partial charge on any atom is -0.334 e. The largest absolute Gasteiger partial charge is 0.334 e. The molecule has 1 unspecified atom stereocenters. The van der Waals surface area contributed by atoms with Crippen LogP contribution in [0.5, 0.6) is 0 Å². The summed E-state index contributed by atoms with van der Waals surface area (Å²) >= 11 is 0. The van der Waals surface area contributed by atoms with Gasteiger partial charge in [0.1, 0.15) is 0 Å². The van der Waals surface area contributed by atoms with E-state index in [0.29, 0.717) is 24.0 Å². The van der Waals surface area contributed by atoms with Gasteiger partial charge in [-0.05, 0) is 13.0 Å². The number of aromatic nitrogens is 2. The second-order valence-electron chi connectivity index (χ2n) is 5.17. The van der Waals surface area contributed by atoms with Crippen LogP contribution in [0.2, 0.25) is 0 Å². The molecule has 0 aliphatic carbocycles. The number of carbonyl (C=O) groups is 1. The molecule has 110 valence electrons. The SMILES string of the molecule is CC1CN(C(=O)c2n[nH]c3ccc([N+](=O)[O-])cc23)CCN1. The van der Waals surface area contributed by atoms with E-state index in [1.54, 1.807) is 11.0 Å². The van der Waals surface area contributed by atoms with Gasteiger partial charge in [0.25, 0.3) is 11.6 Å². The van der Waals surface area contributed by atoms with E-state index in [1.165, 1.54) is 12.1 Å². The topological polar surface area (TPSA) is 104 Å². The third-order valence-electron chi connectivity index (χ3n) is 3.62. The van der Waals surface area contributed by atoms with Gasteiger partial charge in [0.15, 0.2) is 5.69 Å². The fraction of sp³-hybridized carbons (Fsp3) is 0.385. The number of hydrogen-bond donors (Lipinski definition) is 2. The Morgan fingerprint density at radius 3 is 3.05 bits per heavy atom. The van der Waals surface area contributed by atoms with E-state index in [0.717, 1.165) is 6.54 Å². The molecule has 1 aromatic carbocycles. The van der Waals surface area contributed by atoms with E-state index in [9.17, 15) is 14.9 Å². The first-order valence-corrected chi connectivity index (χ1v) is 6.71. The molecule has 1 atom stereocenters. The Kier molecular flexibility index (Phi) is 3.30. The summed E-state index contributed by atoms with van der Waals surface area (Å²) in [5.74, 6) is -0.199. The highest BCUT2D eigenvalue weighted by Crippen LogP contribution is 2.23. The number of H-pyrrole nitrogens is 1. The van der Waals surface area contributed by atoms with Crippen LogP contribution in [0, 0.1) is 10.1 Å². The monoisotopic (exact) mass is 289 g/mol. The number of fused-ring (bicyclic) bond motifs is 1. The van der Waals surface area contributed by atoms with Crippen molar-refractivity contribution in [2.75, 3.05) is 19.6 Å². The predicted octanol–water partition coefficient (Wildman–Crippen LogP) is 0.905. The maximum atomic E-state index is 12.5. The second kappa shape index (κ2) is 5.13. The van der Waals surface area contributed by atoms with E-state index in [1.807, 2.05) is 6.92 Å². The number of carbonyl (C=O) groups excluding carboxylic acids is 1. The predicted molar refractivity (Wildman–Crippen MR) is 76.1 cm³/mol. The lowest BCUT2D eigenvalue weighted by Crippen LogP contribution is -2.51. The van der Waals surface area contributed by atoms with Gasteiger partial charge in [0.2, 0.25) is 0 Å². The van der Waals surface area contributed by atoms with Crippen LogP contribution in [0.15, 0.2) is 18.2 Å². The number of nitro groups is 1. The number of nitro benzene ring substituents is 1. The van der Waals surface area contributed by atoms with Crippen molar-refractivity contribution in [3.8, 4) is 0 Å². The molecule has 0 saturated carbocycles. The van der Waals surface area contributed by atoms with Gasteiger partial charge in [0, 0.05) is 43.2 Å². The summed E-state index contributed by atoms with van der Waals surface area (Å²) in [5.41, 5.74) is 0.807. The Hall–Kier alpha value is -2.48. The fourth-order valence-corrected chi connectivity index (χ4v) is 2.55. The first-order chi connectivity index (χ1) is 10.1. The average Bonchev–Trinajstić information content (AvgIpc) is 2.89. The van der Waals surface area contributed by atoms with Crippen molar-refractivity contribution in [1.82, 2.24) is 20.4 Å². The minimum absolute atomic E-state index is 0.0494. The van der Waals surface area contributed by atoms with Crippen LogP contribution in [-0.2, 0) is 0 Å². The summed E-state index contributed by atoms with van der Waals surface area (Å²) < 4.78 is 0. The summed E-state index contributed by atoms with van der Waals surface area (Å²) in [7, 11) is 0. The van der Waals surface area contributed by atoms with Crippen molar-refractivity contribution >= 4 is 22.5 Å². The van der Waals surface area contributed by atoms with Crippen molar-refractivity contribution in [3.63, 3.8) is 0 Å². The molecule has 0 radical (unpaired) electrons. The average molecular weight is 289 g/mol. The number of nitrogens with one attached hydrogen (secondary N) is 2. The molecule has 1 aliphatic heterocycles. The van der Waals surface area contributed by atoms with E-state index in [-0.39, 0.29) is 23.3 Å². The van der Waals surface area contributed by atoms with Gasteiger partial charge in [-0.25, -0.2) is 0 Å². The molecule has 1 aliphatic rings. The molecular formula is C13H15N5O3.